The first-order chi connectivity index (χ1) is 6.70. The Morgan fingerprint density at radius 2 is 1.86 bits per heavy atom. The largest absolute Gasteiger partial charge is 0.383 e. The lowest BCUT2D eigenvalue weighted by Gasteiger charge is -2.02. The van der Waals surface area contributed by atoms with Gasteiger partial charge < -0.3 is 4.90 Å². The van der Waals surface area contributed by atoms with Crippen molar-refractivity contribution < 1.29 is 4.79 Å². The van der Waals surface area contributed by atoms with Gasteiger partial charge in [0, 0.05) is 20.5 Å². The van der Waals surface area contributed by atoms with Crippen LogP contribution in [0.2, 0.25) is 0 Å². The predicted molar refractivity (Wildman–Crippen MR) is 59.0 cm³/mol. The quantitative estimate of drug-likeness (QED) is 0.496. The Hall–Kier alpha value is -1.05. The van der Waals surface area contributed by atoms with E-state index in [2.05, 4.69) is 0 Å². The van der Waals surface area contributed by atoms with Crippen LogP contribution in [-0.4, -0.2) is 24.8 Å². The van der Waals surface area contributed by atoms with Crippen molar-refractivity contribution in [1.29, 1.82) is 0 Å². The van der Waals surface area contributed by atoms with Crippen molar-refractivity contribution in [3.63, 3.8) is 0 Å². The van der Waals surface area contributed by atoms with Crippen molar-refractivity contribution >= 4 is 5.78 Å². The highest BCUT2D eigenvalue weighted by molar-refractivity contribution is 5.95. The Morgan fingerprint density at radius 3 is 2.57 bits per heavy atom. The number of allylic oxidation sites excluding steroid dienone is 3. The van der Waals surface area contributed by atoms with Crippen molar-refractivity contribution in [1.82, 2.24) is 4.90 Å². The molecule has 0 heterocycles. The maximum atomic E-state index is 11.6. The van der Waals surface area contributed by atoms with Crippen molar-refractivity contribution in [3.8, 4) is 0 Å². The Morgan fingerprint density at radius 1 is 1.14 bits per heavy atom. The van der Waals surface area contributed by atoms with Gasteiger partial charge in [0.1, 0.15) is 0 Å². The Balaban J connectivity index is 2.59. The van der Waals surface area contributed by atoms with E-state index in [1.165, 1.54) is 6.42 Å². The molecule has 0 atom stereocenters. The molecule has 14 heavy (non-hydrogen) atoms. The van der Waals surface area contributed by atoms with E-state index in [0.29, 0.717) is 5.78 Å². The first-order valence-electron chi connectivity index (χ1n) is 5.27. The summed E-state index contributed by atoms with van der Waals surface area (Å²) in [7, 11) is 3.95. The zero-order chi connectivity index (χ0) is 10.4. The minimum absolute atomic E-state index is 0.339. The molecule has 0 aromatic heterocycles. The van der Waals surface area contributed by atoms with Crippen molar-refractivity contribution in [2.45, 2.75) is 32.1 Å². The summed E-state index contributed by atoms with van der Waals surface area (Å²) in [4.78, 5) is 13.5. The molecule has 0 radical (unpaired) electrons. The maximum absolute atomic E-state index is 11.6. The van der Waals surface area contributed by atoms with Crippen LogP contribution < -0.4 is 0 Å². The molecule has 1 fully saturated rings. The van der Waals surface area contributed by atoms with E-state index in [0.717, 1.165) is 31.3 Å². The molecule has 0 unspecified atom stereocenters. The van der Waals surface area contributed by atoms with Crippen LogP contribution in [-0.2, 0) is 4.79 Å². The van der Waals surface area contributed by atoms with Crippen LogP contribution >= 0.6 is 0 Å². The number of hydrogen-bond donors (Lipinski definition) is 0. The van der Waals surface area contributed by atoms with Gasteiger partial charge in [0.2, 0.25) is 0 Å². The van der Waals surface area contributed by atoms with Crippen LogP contribution in [0.25, 0.3) is 0 Å². The third-order valence-electron chi connectivity index (χ3n) is 2.39. The number of Topliss-reactive ketones (excluding diaryl/α,β-unsaturated/α-hetero) is 1. The van der Waals surface area contributed by atoms with E-state index in [1.807, 2.05) is 37.3 Å². The second-order valence-electron chi connectivity index (χ2n) is 3.98. The van der Waals surface area contributed by atoms with Gasteiger partial charge in [0.15, 0.2) is 5.78 Å². The lowest BCUT2D eigenvalue weighted by molar-refractivity contribution is -0.115. The van der Waals surface area contributed by atoms with Crippen molar-refractivity contribution in [2.75, 3.05) is 14.1 Å². The molecule has 0 aliphatic heterocycles. The molecule has 78 valence electrons. The van der Waals surface area contributed by atoms with Crippen LogP contribution in [0.15, 0.2) is 23.9 Å². The Labute approximate surface area is 86.3 Å². The molecule has 0 amide bonds. The summed E-state index contributed by atoms with van der Waals surface area (Å²) in [5.41, 5.74) is 1.00. The molecule has 2 heteroatoms. The minimum atomic E-state index is 0.339. The molecule has 1 aliphatic rings. The average molecular weight is 193 g/mol. The first-order valence-corrected chi connectivity index (χ1v) is 5.27. The van der Waals surface area contributed by atoms with Gasteiger partial charge in [-0.2, -0.15) is 0 Å². The summed E-state index contributed by atoms with van der Waals surface area (Å²) >= 11 is 0. The van der Waals surface area contributed by atoms with Gasteiger partial charge >= 0.3 is 0 Å². The molecule has 2 nitrogen and oxygen atoms in total. The monoisotopic (exact) mass is 193 g/mol. The summed E-state index contributed by atoms with van der Waals surface area (Å²) in [5, 5.41) is 0. The Kier molecular flexibility index (Phi) is 4.44. The zero-order valence-electron chi connectivity index (χ0n) is 9.12. The molecule has 0 saturated heterocycles. The number of carbonyl (C=O) groups excluding carboxylic acids is 1. The number of carbonyl (C=O) groups is 1. The van der Waals surface area contributed by atoms with Gasteiger partial charge in [-0.1, -0.05) is 12.5 Å². The molecule has 1 aliphatic carbocycles. The molecule has 0 bridgehead atoms. The lowest BCUT2D eigenvalue weighted by Crippen LogP contribution is -2.01. The number of nitrogens with zero attached hydrogens (tertiary/aromatic N) is 1. The first kappa shape index (κ1) is 11.0. The molecule has 0 aromatic carbocycles. The second-order valence-corrected chi connectivity index (χ2v) is 3.98. The van der Waals surface area contributed by atoms with Gasteiger partial charge in [-0.25, -0.2) is 0 Å². The van der Waals surface area contributed by atoms with E-state index in [4.69, 9.17) is 0 Å². The second kappa shape index (κ2) is 5.63. The highest BCUT2D eigenvalue weighted by Gasteiger charge is 2.11. The average Bonchev–Trinajstić information content (AvgIpc) is 2.31. The van der Waals surface area contributed by atoms with E-state index in [9.17, 15) is 4.79 Å². The van der Waals surface area contributed by atoms with Gasteiger partial charge in [0.05, 0.1) is 0 Å². The van der Waals surface area contributed by atoms with Crippen LogP contribution in [0.1, 0.15) is 32.1 Å². The van der Waals surface area contributed by atoms with Gasteiger partial charge in [-0.05, 0) is 37.1 Å². The standard InChI is InChI=1S/C12H19NO/c1-13(2)10-6-8-11-7-4-3-5-9-12(11)14/h6,8,10H,3-5,7,9H2,1-2H3. The van der Waals surface area contributed by atoms with Crippen LogP contribution in [0, 0.1) is 0 Å². The fraction of sp³-hybridized carbons (Fsp3) is 0.583. The fourth-order valence-electron chi connectivity index (χ4n) is 1.59. The lowest BCUT2D eigenvalue weighted by atomic mass is 10.1. The van der Waals surface area contributed by atoms with E-state index in [1.54, 1.807) is 0 Å². The smallest absolute Gasteiger partial charge is 0.158 e. The third-order valence-corrected chi connectivity index (χ3v) is 2.39. The third kappa shape index (κ3) is 3.77. The maximum Gasteiger partial charge on any atom is 0.158 e. The summed E-state index contributed by atoms with van der Waals surface area (Å²) in [5.74, 6) is 0.339. The van der Waals surface area contributed by atoms with Gasteiger partial charge in [-0.15, -0.1) is 0 Å². The number of ketones is 1. The van der Waals surface area contributed by atoms with Crippen molar-refractivity contribution in [3.05, 3.63) is 23.9 Å². The summed E-state index contributed by atoms with van der Waals surface area (Å²) in [6.07, 6.45) is 11.0. The van der Waals surface area contributed by atoms with Crippen LogP contribution in [0.3, 0.4) is 0 Å². The summed E-state index contributed by atoms with van der Waals surface area (Å²) in [6, 6.07) is 0. The fourth-order valence-corrected chi connectivity index (χ4v) is 1.59. The zero-order valence-corrected chi connectivity index (χ0v) is 9.12. The molecular formula is C12H19NO. The summed E-state index contributed by atoms with van der Waals surface area (Å²) < 4.78 is 0. The van der Waals surface area contributed by atoms with Crippen LogP contribution in [0.5, 0.6) is 0 Å². The van der Waals surface area contributed by atoms with E-state index >= 15 is 0 Å². The number of hydrogen-bond acceptors (Lipinski definition) is 2. The van der Waals surface area contributed by atoms with E-state index < -0.39 is 0 Å². The van der Waals surface area contributed by atoms with Crippen LogP contribution in [0.4, 0.5) is 0 Å². The molecular weight excluding hydrogens is 174 g/mol. The molecule has 0 spiro atoms. The topological polar surface area (TPSA) is 20.3 Å². The molecule has 0 N–H and O–H groups in total. The van der Waals surface area contributed by atoms with Gasteiger partial charge in [-0.3, -0.25) is 4.79 Å². The summed E-state index contributed by atoms with van der Waals surface area (Å²) in [6.45, 7) is 0. The highest BCUT2D eigenvalue weighted by Crippen LogP contribution is 2.19. The Bertz CT molecular complexity index is 251. The van der Waals surface area contributed by atoms with Gasteiger partial charge in [0.25, 0.3) is 0 Å². The predicted octanol–water partition coefficient (Wildman–Crippen LogP) is 2.52. The highest BCUT2D eigenvalue weighted by atomic mass is 16.1. The SMILES string of the molecule is CN(C)C=CC=C1CCCCCC1=O. The number of rotatable bonds is 2. The van der Waals surface area contributed by atoms with Crippen molar-refractivity contribution in [2.24, 2.45) is 0 Å². The minimum Gasteiger partial charge on any atom is -0.383 e. The normalized spacial score (nSPS) is 21.6. The molecule has 1 saturated carbocycles. The molecule has 1 rings (SSSR count). The van der Waals surface area contributed by atoms with E-state index in [-0.39, 0.29) is 0 Å². The molecule has 0 aromatic rings.